The second kappa shape index (κ2) is 9.44. The molecule has 166 valence electrons. The molecular weight excluding hydrogens is 423 g/mol. The molecule has 2 amide bonds. The fourth-order valence-corrected chi connectivity index (χ4v) is 3.47. The van der Waals surface area contributed by atoms with Crippen molar-refractivity contribution in [2.45, 2.75) is 19.9 Å². The van der Waals surface area contributed by atoms with Gasteiger partial charge in [-0.1, -0.05) is 43.3 Å². The van der Waals surface area contributed by atoms with Crippen LogP contribution < -0.4 is 16.2 Å². The molecule has 8 heteroatoms. The quantitative estimate of drug-likeness (QED) is 0.466. The third-order valence-electron chi connectivity index (χ3n) is 5.04. The normalized spacial score (nSPS) is 10.7. The zero-order valence-corrected chi connectivity index (χ0v) is 17.8. The van der Waals surface area contributed by atoms with Crippen LogP contribution >= 0.6 is 0 Å². The van der Waals surface area contributed by atoms with Gasteiger partial charge < -0.3 is 10.6 Å². The first-order chi connectivity index (χ1) is 16.0. The Hall–Kier alpha value is -4.33. The van der Waals surface area contributed by atoms with Crippen LogP contribution in [0.3, 0.4) is 0 Å². The molecule has 7 nitrogen and oxygen atoms in total. The lowest BCUT2D eigenvalue weighted by Crippen LogP contribution is -2.30. The Labute approximate surface area is 188 Å². The number of nitrogens with one attached hydrogen (secondary N) is 2. The van der Waals surface area contributed by atoms with E-state index in [4.69, 9.17) is 0 Å². The second-order valence-corrected chi connectivity index (χ2v) is 7.35. The SMILES string of the molecule is CCC(=O)Nc1ccccc1-c1nc2ccccc2n(CC(=O)Nc2cccc(F)c2)c1=O. The van der Waals surface area contributed by atoms with Gasteiger partial charge in [0.2, 0.25) is 11.8 Å². The number of hydrogen-bond donors (Lipinski definition) is 2. The molecule has 33 heavy (non-hydrogen) atoms. The third kappa shape index (κ3) is 4.79. The lowest BCUT2D eigenvalue weighted by molar-refractivity contribution is -0.117. The van der Waals surface area contributed by atoms with Gasteiger partial charge in [0.1, 0.15) is 18.1 Å². The number of nitrogens with zero attached hydrogens (tertiary/aromatic N) is 2. The van der Waals surface area contributed by atoms with Gasteiger partial charge in [0.05, 0.1) is 16.7 Å². The minimum absolute atomic E-state index is 0.110. The van der Waals surface area contributed by atoms with Crippen molar-refractivity contribution in [2.75, 3.05) is 10.6 Å². The predicted octanol–water partition coefficient (Wildman–Crippen LogP) is 4.19. The Bertz CT molecular complexity index is 1410. The van der Waals surface area contributed by atoms with Gasteiger partial charge in [0.15, 0.2) is 0 Å². The molecule has 4 aromatic rings. The Morgan fingerprint density at radius 2 is 1.70 bits per heavy atom. The molecule has 0 saturated heterocycles. The summed E-state index contributed by atoms with van der Waals surface area (Å²) in [5.41, 5.74) is 1.83. The number of fused-ring (bicyclic) bond motifs is 1. The van der Waals surface area contributed by atoms with Crippen LogP contribution in [0.4, 0.5) is 15.8 Å². The highest BCUT2D eigenvalue weighted by Gasteiger charge is 2.18. The monoisotopic (exact) mass is 444 g/mol. The number of carbonyl (C=O) groups is 2. The van der Waals surface area contributed by atoms with Gasteiger partial charge in [-0.15, -0.1) is 0 Å². The number of carbonyl (C=O) groups excluding carboxylic acids is 2. The summed E-state index contributed by atoms with van der Waals surface area (Å²) in [7, 11) is 0. The van der Waals surface area contributed by atoms with E-state index in [1.165, 1.54) is 22.8 Å². The summed E-state index contributed by atoms with van der Waals surface area (Å²) in [6.07, 6.45) is 0.282. The van der Waals surface area contributed by atoms with E-state index < -0.39 is 17.3 Å². The van der Waals surface area contributed by atoms with Gasteiger partial charge in [-0.25, -0.2) is 9.37 Å². The molecule has 0 aliphatic heterocycles. The maximum Gasteiger partial charge on any atom is 0.278 e. The van der Waals surface area contributed by atoms with Crippen LogP contribution in [0.25, 0.3) is 22.3 Å². The van der Waals surface area contributed by atoms with Crippen molar-refractivity contribution in [2.24, 2.45) is 0 Å². The number of para-hydroxylation sites is 3. The molecule has 1 aromatic heterocycles. The topological polar surface area (TPSA) is 93.1 Å². The van der Waals surface area contributed by atoms with E-state index in [1.807, 2.05) is 0 Å². The minimum Gasteiger partial charge on any atom is -0.325 e. The van der Waals surface area contributed by atoms with Crippen molar-refractivity contribution in [3.05, 3.63) is 89.0 Å². The standard InChI is InChI=1S/C25H21FN4O3/c1-2-22(31)28-19-11-4-3-10-18(19)24-25(33)30(21-13-6-5-12-20(21)29-24)15-23(32)27-17-9-7-8-16(26)14-17/h3-14H,2,15H2,1H3,(H,27,32)(H,28,31). The third-order valence-corrected chi connectivity index (χ3v) is 5.04. The Kier molecular flexibility index (Phi) is 6.26. The average Bonchev–Trinajstić information content (AvgIpc) is 2.81. The lowest BCUT2D eigenvalue weighted by Gasteiger charge is -2.14. The maximum atomic E-state index is 13.5. The van der Waals surface area contributed by atoms with Crippen LogP contribution in [0.1, 0.15) is 13.3 Å². The maximum absolute atomic E-state index is 13.5. The van der Waals surface area contributed by atoms with E-state index in [0.717, 1.165) is 0 Å². The first-order valence-corrected chi connectivity index (χ1v) is 10.4. The fraction of sp³-hybridized carbons (Fsp3) is 0.120. The summed E-state index contributed by atoms with van der Waals surface area (Å²) in [5, 5.41) is 5.40. The van der Waals surface area contributed by atoms with Crippen molar-refractivity contribution >= 4 is 34.2 Å². The molecule has 0 aliphatic carbocycles. The van der Waals surface area contributed by atoms with E-state index in [1.54, 1.807) is 61.5 Å². The van der Waals surface area contributed by atoms with Gasteiger partial charge in [-0.3, -0.25) is 19.0 Å². The molecule has 0 atom stereocenters. The summed E-state index contributed by atoms with van der Waals surface area (Å²) in [4.78, 5) is 42.7. The number of benzene rings is 3. The summed E-state index contributed by atoms with van der Waals surface area (Å²) in [5.74, 6) is -1.16. The number of amides is 2. The molecule has 1 heterocycles. The van der Waals surface area contributed by atoms with Crippen molar-refractivity contribution in [3.63, 3.8) is 0 Å². The molecule has 0 aliphatic rings. The van der Waals surface area contributed by atoms with Crippen LogP contribution in [0.15, 0.2) is 77.6 Å². The largest absolute Gasteiger partial charge is 0.325 e. The van der Waals surface area contributed by atoms with E-state index in [9.17, 15) is 18.8 Å². The van der Waals surface area contributed by atoms with Crippen molar-refractivity contribution in [1.82, 2.24) is 9.55 Å². The Morgan fingerprint density at radius 3 is 2.48 bits per heavy atom. The van der Waals surface area contributed by atoms with Gasteiger partial charge in [-0.05, 0) is 36.4 Å². The molecule has 2 N–H and O–H groups in total. The summed E-state index contributed by atoms with van der Waals surface area (Å²) in [6.45, 7) is 1.44. The van der Waals surface area contributed by atoms with Crippen molar-refractivity contribution in [1.29, 1.82) is 0 Å². The Morgan fingerprint density at radius 1 is 0.939 bits per heavy atom. The number of aromatic nitrogens is 2. The van der Waals surface area contributed by atoms with Crippen LogP contribution in [-0.4, -0.2) is 21.4 Å². The summed E-state index contributed by atoms with van der Waals surface area (Å²) >= 11 is 0. The van der Waals surface area contributed by atoms with Crippen molar-refractivity contribution < 1.29 is 14.0 Å². The second-order valence-electron chi connectivity index (χ2n) is 7.35. The molecule has 3 aromatic carbocycles. The molecule has 4 rings (SSSR count). The molecule has 0 spiro atoms. The average molecular weight is 444 g/mol. The van der Waals surface area contributed by atoms with Crippen LogP contribution in [0.2, 0.25) is 0 Å². The molecule has 0 fully saturated rings. The number of anilines is 2. The molecule has 0 unspecified atom stereocenters. The lowest BCUT2D eigenvalue weighted by atomic mass is 10.1. The first kappa shape index (κ1) is 21.9. The van der Waals surface area contributed by atoms with Crippen LogP contribution in [0, 0.1) is 5.82 Å². The molecular formula is C25H21FN4O3. The first-order valence-electron chi connectivity index (χ1n) is 10.4. The van der Waals surface area contributed by atoms with E-state index in [-0.39, 0.29) is 24.6 Å². The highest BCUT2D eigenvalue weighted by atomic mass is 19.1. The zero-order chi connectivity index (χ0) is 23.4. The molecule has 0 saturated carbocycles. The fourth-order valence-electron chi connectivity index (χ4n) is 3.47. The number of hydrogen-bond acceptors (Lipinski definition) is 4. The minimum atomic E-state index is -0.488. The predicted molar refractivity (Wildman–Crippen MR) is 125 cm³/mol. The van der Waals surface area contributed by atoms with Gasteiger partial charge >= 0.3 is 0 Å². The van der Waals surface area contributed by atoms with Gasteiger partial charge in [0, 0.05) is 17.7 Å². The molecule has 0 radical (unpaired) electrons. The zero-order valence-electron chi connectivity index (χ0n) is 17.8. The Balaban J connectivity index is 1.79. The highest BCUT2D eigenvalue weighted by Crippen LogP contribution is 2.26. The van der Waals surface area contributed by atoms with Gasteiger partial charge in [0.25, 0.3) is 5.56 Å². The van der Waals surface area contributed by atoms with Crippen molar-refractivity contribution in [3.8, 4) is 11.3 Å². The van der Waals surface area contributed by atoms with Gasteiger partial charge in [-0.2, -0.15) is 0 Å². The van der Waals surface area contributed by atoms with Crippen LogP contribution in [0.5, 0.6) is 0 Å². The van der Waals surface area contributed by atoms with Crippen LogP contribution in [-0.2, 0) is 16.1 Å². The van der Waals surface area contributed by atoms with E-state index in [2.05, 4.69) is 15.6 Å². The van der Waals surface area contributed by atoms with E-state index in [0.29, 0.717) is 28.0 Å². The summed E-state index contributed by atoms with van der Waals surface area (Å²) in [6, 6.07) is 19.4. The van der Waals surface area contributed by atoms with E-state index >= 15 is 0 Å². The number of rotatable bonds is 6. The highest BCUT2D eigenvalue weighted by molar-refractivity contribution is 5.95. The number of halogens is 1. The summed E-state index contributed by atoms with van der Waals surface area (Å²) < 4.78 is 14.8. The smallest absolute Gasteiger partial charge is 0.278 e. The molecule has 0 bridgehead atoms.